The molecule has 0 radical (unpaired) electrons. The van der Waals surface area contributed by atoms with Crippen molar-refractivity contribution >= 4 is 11.3 Å². The molecule has 0 unspecified atom stereocenters. The third-order valence-electron chi connectivity index (χ3n) is 3.15. The highest BCUT2D eigenvalue weighted by Gasteiger charge is 2.37. The molecule has 1 aromatic heterocycles. The molecule has 0 atom stereocenters. The SMILES string of the molecule is CC(C)(C)c1ncc(CNCC2(CO)COC2)s1. The lowest BCUT2D eigenvalue weighted by Crippen LogP contribution is -2.52. The van der Waals surface area contributed by atoms with E-state index >= 15 is 0 Å². The van der Waals surface area contributed by atoms with Crippen molar-refractivity contribution in [2.45, 2.75) is 32.7 Å². The summed E-state index contributed by atoms with van der Waals surface area (Å²) in [4.78, 5) is 5.71. The Bertz CT molecular complexity index is 388. The molecule has 0 bridgehead atoms. The number of ether oxygens (including phenoxy) is 1. The molecule has 1 aliphatic rings. The topological polar surface area (TPSA) is 54.4 Å². The maximum atomic E-state index is 9.31. The number of thiazole rings is 1. The van der Waals surface area contributed by atoms with E-state index < -0.39 is 0 Å². The maximum absolute atomic E-state index is 9.31. The molecule has 0 saturated carbocycles. The van der Waals surface area contributed by atoms with Crippen LogP contribution < -0.4 is 5.32 Å². The number of hydrogen-bond acceptors (Lipinski definition) is 5. The molecule has 1 saturated heterocycles. The number of nitrogens with zero attached hydrogens (tertiary/aromatic N) is 1. The van der Waals surface area contributed by atoms with Crippen molar-refractivity contribution in [2.75, 3.05) is 26.4 Å². The summed E-state index contributed by atoms with van der Waals surface area (Å²) in [5.74, 6) is 0. The zero-order valence-electron chi connectivity index (χ0n) is 11.3. The zero-order chi connectivity index (χ0) is 13.2. The van der Waals surface area contributed by atoms with Crippen molar-refractivity contribution in [3.05, 3.63) is 16.1 Å². The average molecular weight is 270 g/mol. The first-order valence-electron chi connectivity index (χ1n) is 6.30. The Balaban J connectivity index is 1.82. The summed E-state index contributed by atoms with van der Waals surface area (Å²) in [5, 5.41) is 13.9. The molecule has 1 aliphatic heterocycles. The molecule has 0 aromatic carbocycles. The average Bonchev–Trinajstić information content (AvgIpc) is 2.70. The Morgan fingerprint density at radius 2 is 2.22 bits per heavy atom. The lowest BCUT2D eigenvalue weighted by molar-refractivity contribution is -0.134. The van der Waals surface area contributed by atoms with Gasteiger partial charge in [-0.05, 0) is 0 Å². The lowest BCUT2D eigenvalue weighted by atomic mass is 9.87. The number of aliphatic hydroxyl groups is 1. The molecular formula is C13H22N2O2S. The van der Waals surface area contributed by atoms with Gasteiger partial charge in [0.05, 0.1) is 30.2 Å². The number of hydrogen-bond donors (Lipinski definition) is 2. The lowest BCUT2D eigenvalue weighted by Gasteiger charge is -2.39. The van der Waals surface area contributed by atoms with E-state index in [2.05, 4.69) is 31.1 Å². The van der Waals surface area contributed by atoms with Crippen molar-refractivity contribution in [1.82, 2.24) is 10.3 Å². The van der Waals surface area contributed by atoms with Crippen LogP contribution in [0.25, 0.3) is 0 Å². The zero-order valence-corrected chi connectivity index (χ0v) is 12.1. The van der Waals surface area contributed by atoms with Crippen molar-refractivity contribution in [1.29, 1.82) is 0 Å². The Labute approximate surface area is 112 Å². The van der Waals surface area contributed by atoms with Gasteiger partial charge in [0.1, 0.15) is 0 Å². The van der Waals surface area contributed by atoms with E-state index in [1.165, 1.54) is 9.88 Å². The fourth-order valence-corrected chi connectivity index (χ4v) is 2.77. The Morgan fingerprint density at radius 1 is 1.50 bits per heavy atom. The molecule has 2 rings (SSSR count). The molecule has 0 amide bonds. The fourth-order valence-electron chi connectivity index (χ4n) is 1.83. The first-order valence-corrected chi connectivity index (χ1v) is 7.11. The highest BCUT2D eigenvalue weighted by atomic mass is 32.1. The third kappa shape index (κ3) is 3.09. The van der Waals surface area contributed by atoms with Crippen LogP contribution in [0, 0.1) is 5.41 Å². The van der Waals surface area contributed by atoms with Crippen molar-refractivity contribution in [3.63, 3.8) is 0 Å². The minimum atomic E-state index is -0.0580. The van der Waals surface area contributed by atoms with E-state index in [1.807, 2.05) is 6.20 Å². The molecular weight excluding hydrogens is 248 g/mol. The van der Waals surface area contributed by atoms with E-state index in [0.29, 0.717) is 13.2 Å². The number of nitrogens with one attached hydrogen (secondary N) is 1. The first kappa shape index (κ1) is 13.9. The quantitative estimate of drug-likeness (QED) is 0.852. The van der Waals surface area contributed by atoms with E-state index in [4.69, 9.17) is 4.74 Å². The van der Waals surface area contributed by atoms with Gasteiger partial charge in [-0.1, -0.05) is 20.8 Å². The molecule has 0 aliphatic carbocycles. The van der Waals surface area contributed by atoms with Gasteiger partial charge in [-0.2, -0.15) is 0 Å². The van der Waals surface area contributed by atoms with Gasteiger partial charge in [-0.25, -0.2) is 4.98 Å². The number of rotatable bonds is 5. The van der Waals surface area contributed by atoms with Gasteiger partial charge < -0.3 is 15.2 Å². The van der Waals surface area contributed by atoms with Crippen LogP contribution >= 0.6 is 11.3 Å². The second kappa shape index (κ2) is 5.25. The largest absolute Gasteiger partial charge is 0.396 e. The maximum Gasteiger partial charge on any atom is 0.0981 e. The van der Waals surface area contributed by atoms with Crippen LogP contribution in [0.5, 0.6) is 0 Å². The highest BCUT2D eigenvalue weighted by Crippen LogP contribution is 2.28. The van der Waals surface area contributed by atoms with Crippen molar-refractivity contribution < 1.29 is 9.84 Å². The van der Waals surface area contributed by atoms with Gasteiger partial charge in [0.2, 0.25) is 0 Å². The van der Waals surface area contributed by atoms with Crippen LogP contribution in [0.2, 0.25) is 0 Å². The summed E-state index contributed by atoms with van der Waals surface area (Å²) in [6.07, 6.45) is 1.95. The summed E-state index contributed by atoms with van der Waals surface area (Å²) in [6.45, 7) is 9.65. The summed E-state index contributed by atoms with van der Waals surface area (Å²) >= 11 is 1.76. The number of aromatic nitrogens is 1. The molecule has 2 heterocycles. The summed E-state index contributed by atoms with van der Waals surface area (Å²) < 4.78 is 5.17. The van der Waals surface area contributed by atoms with Gasteiger partial charge >= 0.3 is 0 Å². The molecule has 18 heavy (non-hydrogen) atoms. The smallest absolute Gasteiger partial charge is 0.0981 e. The minimum absolute atomic E-state index is 0.0580. The van der Waals surface area contributed by atoms with Crippen LogP contribution in [0.3, 0.4) is 0 Å². The Morgan fingerprint density at radius 3 is 2.67 bits per heavy atom. The molecule has 4 nitrogen and oxygen atoms in total. The molecule has 0 spiro atoms. The third-order valence-corrected chi connectivity index (χ3v) is 4.57. The second-order valence-electron chi connectivity index (χ2n) is 6.14. The van der Waals surface area contributed by atoms with E-state index in [1.54, 1.807) is 11.3 Å². The summed E-state index contributed by atoms with van der Waals surface area (Å²) in [7, 11) is 0. The van der Waals surface area contributed by atoms with E-state index in [9.17, 15) is 5.11 Å². The number of aliphatic hydroxyl groups excluding tert-OH is 1. The monoisotopic (exact) mass is 270 g/mol. The van der Waals surface area contributed by atoms with Gasteiger partial charge in [-0.15, -0.1) is 11.3 Å². The van der Waals surface area contributed by atoms with Crippen LogP contribution in [0.4, 0.5) is 0 Å². The first-order chi connectivity index (χ1) is 8.45. The molecule has 1 aromatic rings. The van der Waals surface area contributed by atoms with Crippen molar-refractivity contribution in [3.8, 4) is 0 Å². The van der Waals surface area contributed by atoms with Gasteiger partial charge in [0.25, 0.3) is 0 Å². The summed E-state index contributed by atoms with van der Waals surface area (Å²) in [5.41, 5.74) is 0.0641. The highest BCUT2D eigenvalue weighted by molar-refractivity contribution is 7.11. The van der Waals surface area contributed by atoms with Gasteiger partial charge in [0, 0.05) is 29.6 Å². The Kier molecular flexibility index (Phi) is 4.06. The predicted molar refractivity (Wildman–Crippen MR) is 72.9 cm³/mol. The van der Waals surface area contributed by atoms with Crippen molar-refractivity contribution in [2.24, 2.45) is 5.41 Å². The van der Waals surface area contributed by atoms with Crippen LogP contribution in [0.15, 0.2) is 6.20 Å². The van der Waals surface area contributed by atoms with E-state index in [0.717, 1.165) is 13.1 Å². The van der Waals surface area contributed by atoms with E-state index in [-0.39, 0.29) is 17.4 Å². The van der Waals surface area contributed by atoms with Crippen LogP contribution in [-0.2, 0) is 16.7 Å². The standard InChI is InChI=1S/C13H22N2O2S/c1-12(2,3)11-15-5-10(18-11)4-14-6-13(7-16)8-17-9-13/h5,14,16H,4,6-9H2,1-3H3. The van der Waals surface area contributed by atoms with Gasteiger partial charge in [0.15, 0.2) is 0 Å². The fraction of sp³-hybridized carbons (Fsp3) is 0.769. The molecule has 5 heteroatoms. The molecule has 102 valence electrons. The predicted octanol–water partition coefficient (Wildman–Crippen LogP) is 1.54. The second-order valence-corrected chi connectivity index (χ2v) is 7.25. The Hall–Kier alpha value is -0.490. The summed E-state index contributed by atoms with van der Waals surface area (Å²) in [6, 6.07) is 0. The normalized spacial score (nSPS) is 18.7. The van der Waals surface area contributed by atoms with Crippen LogP contribution in [0.1, 0.15) is 30.7 Å². The van der Waals surface area contributed by atoms with Gasteiger partial charge in [-0.3, -0.25) is 0 Å². The minimum Gasteiger partial charge on any atom is -0.396 e. The molecule has 1 fully saturated rings. The van der Waals surface area contributed by atoms with Crippen LogP contribution in [-0.4, -0.2) is 36.5 Å². The molecule has 2 N–H and O–H groups in total.